The number of carbonyl (C=O) groups is 1. The maximum absolute atomic E-state index is 12.6. The number of amides is 1. The minimum atomic E-state index is -0.148. The van der Waals surface area contributed by atoms with Crippen LogP contribution in [0.25, 0.3) is 0 Å². The lowest BCUT2D eigenvalue weighted by atomic mass is 9.90. The Bertz CT molecular complexity index is 803. The third-order valence-electron chi connectivity index (χ3n) is 5.25. The van der Waals surface area contributed by atoms with Crippen LogP contribution in [-0.2, 0) is 13.5 Å². The Morgan fingerprint density at radius 2 is 1.85 bits per heavy atom. The Balaban J connectivity index is 1.49. The number of aromatic nitrogens is 1. The maximum Gasteiger partial charge on any atom is 0.254 e. The molecule has 0 unspecified atom stereocenters. The van der Waals surface area contributed by atoms with Crippen LogP contribution in [0.15, 0.2) is 47.4 Å². The number of methoxy groups -OCH3 is 1. The maximum atomic E-state index is 12.6. The number of carbonyl (C=O) groups excluding carboxylic acids is 1. The van der Waals surface area contributed by atoms with Gasteiger partial charge in [0.15, 0.2) is 0 Å². The van der Waals surface area contributed by atoms with Crippen molar-refractivity contribution in [1.29, 1.82) is 0 Å². The number of aryl methyl sites for hydroxylation is 2. The number of benzene rings is 1. The van der Waals surface area contributed by atoms with Crippen molar-refractivity contribution < 1.29 is 9.53 Å². The summed E-state index contributed by atoms with van der Waals surface area (Å²) in [4.78, 5) is 26.2. The van der Waals surface area contributed by atoms with Gasteiger partial charge in [-0.05, 0) is 55.4 Å². The molecule has 0 bridgehead atoms. The second-order valence-corrected chi connectivity index (χ2v) is 6.99. The highest BCUT2D eigenvalue weighted by atomic mass is 16.5. The molecule has 0 atom stereocenters. The molecule has 1 amide bonds. The number of rotatable bonds is 5. The highest BCUT2D eigenvalue weighted by Gasteiger charge is 2.23. The highest BCUT2D eigenvalue weighted by Crippen LogP contribution is 2.24. The highest BCUT2D eigenvalue weighted by molar-refractivity contribution is 5.94. The fourth-order valence-corrected chi connectivity index (χ4v) is 3.45. The van der Waals surface area contributed by atoms with Gasteiger partial charge in [0.05, 0.1) is 7.11 Å². The van der Waals surface area contributed by atoms with Crippen molar-refractivity contribution in [3.63, 3.8) is 0 Å². The Labute approximate surface area is 154 Å². The van der Waals surface area contributed by atoms with E-state index in [9.17, 15) is 9.59 Å². The van der Waals surface area contributed by atoms with Crippen molar-refractivity contribution in [2.45, 2.75) is 25.7 Å². The zero-order chi connectivity index (χ0) is 18.5. The quantitative estimate of drug-likeness (QED) is 0.830. The molecule has 0 N–H and O–H groups in total. The van der Waals surface area contributed by atoms with Gasteiger partial charge in [-0.3, -0.25) is 9.59 Å². The SMILES string of the molecule is COc1ccc(CCC2CCN(C(=O)c3ccn(C)c(=O)c3)CC2)cc1. The number of likely N-dealkylation sites (tertiary alicyclic amines) is 1. The van der Waals surface area contributed by atoms with Gasteiger partial charge in [-0.1, -0.05) is 12.1 Å². The monoisotopic (exact) mass is 354 g/mol. The average molecular weight is 354 g/mol. The predicted molar refractivity (Wildman–Crippen MR) is 102 cm³/mol. The van der Waals surface area contributed by atoms with Crippen LogP contribution in [0.1, 0.15) is 35.2 Å². The van der Waals surface area contributed by atoms with Crippen LogP contribution in [0, 0.1) is 5.92 Å². The molecule has 1 aliphatic rings. The molecule has 0 radical (unpaired) electrons. The van der Waals surface area contributed by atoms with Gasteiger partial charge in [-0.2, -0.15) is 0 Å². The lowest BCUT2D eigenvalue weighted by molar-refractivity contribution is 0.0686. The number of pyridine rings is 1. The Hall–Kier alpha value is -2.56. The molecule has 5 heteroatoms. The number of ether oxygens (including phenoxy) is 1. The lowest BCUT2D eigenvalue weighted by Crippen LogP contribution is -2.39. The first kappa shape index (κ1) is 18.2. The summed E-state index contributed by atoms with van der Waals surface area (Å²) in [5.41, 5.74) is 1.67. The van der Waals surface area contributed by atoms with Crippen LogP contribution in [0.5, 0.6) is 5.75 Å². The third-order valence-corrected chi connectivity index (χ3v) is 5.25. The summed E-state index contributed by atoms with van der Waals surface area (Å²) < 4.78 is 6.66. The van der Waals surface area contributed by atoms with Gasteiger partial charge in [-0.25, -0.2) is 0 Å². The summed E-state index contributed by atoms with van der Waals surface area (Å²) in [6.07, 6.45) is 5.88. The van der Waals surface area contributed by atoms with Gasteiger partial charge in [-0.15, -0.1) is 0 Å². The molecular weight excluding hydrogens is 328 g/mol. The van der Waals surface area contributed by atoms with E-state index in [1.54, 1.807) is 26.4 Å². The number of hydrogen-bond donors (Lipinski definition) is 0. The number of nitrogens with zero attached hydrogens (tertiary/aromatic N) is 2. The Morgan fingerprint density at radius 1 is 1.15 bits per heavy atom. The van der Waals surface area contributed by atoms with E-state index >= 15 is 0 Å². The summed E-state index contributed by atoms with van der Waals surface area (Å²) in [6.45, 7) is 1.53. The molecule has 2 aromatic rings. The molecule has 0 aliphatic carbocycles. The van der Waals surface area contributed by atoms with E-state index in [0.717, 1.165) is 44.5 Å². The van der Waals surface area contributed by atoms with Crippen molar-refractivity contribution in [3.8, 4) is 5.75 Å². The first-order chi connectivity index (χ1) is 12.6. The van der Waals surface area contributed by atoms with E-state index in [0.29, 0.717) is 11.5 Å². The normalized spacial score (nSPS) is 15.1. The first-order valence-electron chi connectivity index (χ1n) is 9.15. The minimum absolute atomic E-state index is 0.0312. The van der Waals surface area contributed by atoms with Crippen LogP contribution < -0.4 is 10.3 Å². The van der Waals surface area contributed by atoms with E-state index in [-0.39, 0.29) is 11.5 Å². The summed E-state index contributed by atoms with van der Waals surface area (Å²) in [5, 5.41) is 0. The van der Waals surface area contributed by atoms with Crippen LogP contribution in [0.2, 0.25) is 0 Å². The largest absolute Gasteiger partial charge is 0.497 e. The fourth-order valence-electron chi connectivity index (χ4n) is 3.45. The first-order valence-corrected chi connectivity index (χ1v) is 9.15. The van der Waals surface area contributed by atoms with Crippen LogP contribution in [0.3, 0.4) is 0 Å². The van der Waals surface area contributed by atoms with Crippen LogP contribution in [-0.4, -0.2) is 35.6 Å². The zero-order valence-corrected chi connectivity index (χ0v) is 15.5. The van der Waals surface area contributed by atoms with Crippen LogP contribution in [0.4, 0.5) is 0 Å². The molecule has 0 saturated carbocycles. The van der Waals surface area contributed by atoms with Gasteiger partial charge < -0.3 is 14.2 Å². The molecule has 3 rings (SSSR count). The van der Waals surface area contributed by atoms with Crippen molar-refractivity contribution in [3.05, 3.63) is 64.1 Å². The van der Waals surface area contributed by atoms with E-state index < -0.39 is 0 Å². The summed E-state index contributed by atoms with van der Waals surface area (Å²) in [7, 11) is 3.36. The fraction of sp³-hybridized carbons (Fsp3) is 0.429. The average Bonchev–Trinajstić information content (AvgIpc) is 2.69. The number of piperidine rings is 1. The number of hydrogen-bond acceptors (Lipinski definition) is 3. The summed E-state index contributed by atoms with van der Waals surface area (Å²) in [6, 6.07) is 11.4. The molecule has 0 spiro atoms. The predicted octanol–water partition coefficient (Wildman–Crippen LogP) is 2.88. The zero-order valence-electron chi connectivity index (χ0n) is 15.5. The van der Waals surface area contributed by atoms with E-state index in [1.165, 1.54) is 16.2 Å². The molecule has 2 heterocycles. The van der Waals surface area contributed by atoms with Crippen molar-refractivity contribution in [1.82, 2.24) is 9.47 Å². The van der Waals surface area contributed by atoms with E-state index in [1.807, 2.05) is 17.0 Å². The van der Waals surface area contributed by atoms with Crippen molar-refractivity contribution in [2.24, 2.45) is 13.0 Å². The second-order valence-electron chi connectivity index (χ2n) is 6.99. The molecule has 138 valence electrons. The van der Waals surface area contributed by atoms with Gasteiger partial charge >= 0.3 is 0 Å². The third kappa shape index (κ3) is 4.34. The molecule has 1 aromatic carbocycles. The smallest absolute Gasteiger partial charge is 0.254 e. The van der Waals surface area contributed by atoms with Crippen LogP contribution >= 0.6 is 0 Å². The standard InChI is InChI=1S/C21H26N2O3/c1-22-12-11-18(15-20(22)24)21(25)23-13-9-17(10-14-23)4-3-16-5-7-19(26-2)8-6-16/h5-8,11-12,15,17H,3-4,9-10,13-14H2,1-2H3. The molecular formula is C21H26N2O3. The molecule has 26 heavy (non-hydrogen) atoms. The molecule has 1 fully saturated rings. The van der Waals surface area contributed by atoms with Gasteiger partial charge in [0.2, 0.25) is 0 Å². The Morgan fingerprint density at radius 3 is 2.46 bits per heavy atom. The van der Waals surface area contributed by atoms with E-state index in [4.69, 9.17) is 4.74 Å². The topological polar surface area (TPSA) is 51.5 Å². The van der Waals surface area contributed by atoms with Gasteiger partial charge in [0.1, 0.15) is 5.75 Å². The second kappa shape index (κ2) is 8.21. The van der Waals surface area contributed by atoms with Gasteiger partial charge in [0, 0.05) is 38.0 Å². The van der Waals surface area contributed by atoms with E-state index in [2.05, 4.69) is 12.1 Å². The Kier molecular flexibility index (Phi) is 5.76. The molecule has 1 aliphatic heterocycles. The summed E-state index contributed by atoms with van der Waals surface area (Å²) >= 11 is 0. The van der Waals surface area contributed by atoms with Gasteiger partial charge in [0.25, 0.3) is 11.5 Å². The minimum Gasteiger partial charge on any atom is -0.497 e. The van der Waals surface area contributed by atoms with Crippen molar-refractivity contribution >= 4 is 5.91 Å². The summed E-state index contributed by atoms with van der Waals surface area (Å²) in [5.74, 6) is 1.50. The van der Waals surface area contributed by atoms with Crippen molar-refractivity contribution in [2.75, 3.05) is 20.2 Å². The molecule has 1 aromatic heterocycles. The lowest BCUT2D eigenvalue weighted by Gasteiger charge is -2.32. The molecule has 1 saturated heterocycles. The molecule has 5 nitrogen and oxygen atoms in total.